The predicted molar refractivity (Wildman–Crippen MR) is 75.3 cm³/mol. The maximum absolute atomic E-state index is 10.6. The van der Waals surface area contributed by atoms with E-state index in [4.69, 9.17) is 0 Å². The van der Waals surface area contributed by atoms with Crippen molar-refractivity contribution in [2.45, 2.75) is 77.2 Å². The van der Waals surface area contributed by atoms with Crippen LogP contribution < -0.4 is 0 Å². The van der Waals surface area contributed by atoms with Gasteiger partial charge in [0.25, 0.3) is 0 Å². The van der Waals surface area contributed by atoms with Gasteiger partial charge in [0, 0.05) is 0 Å². The summed E-state index contributed by atoms with van der Waals surface area (Å²) in [6.45, 7) is 2.26. The second-order valence-electron chi connectivity index (χ2n) is 7.42. The third-order valence-corrected chi connectivity index (χ3v) is 6.10. The molecule has 4 aliphatic carbocycles. The van der Waals surface area contributed by atoms with Crippen LogP contribution in [0.2, 0.25) is 0 Å². The van der Waals surface area contributed by atoms with E-state index in [1.165, 1.54) is 57.8 Å². The predicted octanol–water partition coefficient (Wildman–Crippen LogP) is 4.39. The van der Waals surface area contributed by atoms with Crippen molar-refractivity contribution in [1.29, 1.82) is 0 Å². The third kappa shape index (κ3) is 2.48. The van der Waals surface area contributed by atoms with Crippen LogP contribution in [0.15, 0.2) is 0 Å². The smallest absolute Gasteiger partial charge is 0.0573 e. The molecule has 0 aromatic rings. The lowest BCUT2D eigenvalue weighted by Crippen LogP contribution is -2.49. The van der Waals surface area contributed by atoms with Crippen LogP contribution in [0.3, 0.4) is 0 Å². The number of unbranched alkanes of at least 4 members (excludes halogenated alkanes) is 3. The fourth-order valence-electron chi connectivity index (χ4n) is 5.57. The highest BCUT2D eigenvalue weighted by Crippen LogP contribution is 2.57. The van der Waals surface area contributed by atoms with Gasteiger partial charge >= 0.3 is 0 Å². The molecule has 0 aromatic heterocycles. The van der Waals surface area contributed by atoms with Gasteiger partial charge in [-0.15, -0.1) is 0 Å². The Morgan fingerprint density at radius 1 is 0.889 bits per heavy atom. The van der Waals surface area contributed by atoms with Crippen LogP contribution in [0.1, 0.15) is 71.1 Å². The highest BCUT2D eigenvalue weighted by Gasteiger charge is 2.49. The van der Waals surface area contributed by atoms with Gasteiger partial charge < -0.3 is 5.11 Å². The molecular weight excluding hydrogens is 220 g/mol. The molecule has 1 unspecified atom stereocenters. The first kappa shape index (κ1) is 13.0. The van der Waals surface area contributed by atoms with Crippen molar-refractivity contribution in [1.82, 2.24) is 0 Å². The van der Waals surface area contributed by atoms with Gasteiger partial charge in [-0.05, 0) is 68.1 Å². The SMILES string of the molecule is CCCCCCC(O)C1C2CC3CC(C2)CC1C3. The van der Waals surface area contributed by atoms with Crippen molar-refractivity contribution in [2.75, 3.05) is 0 Å². The maximum atomic E-state index is 10.6. The molecule has 0 spiro atoms. The normalized spacial score (nSPS) is 43.3. The standard InChI is InChI=1S/C17H30O/c1-2-3-4-5-6-16(18)17-14-8-12-7-13(10-14)11-15(17)9-12/h12-18H,2-11H2,1H3. The van der Waals surface area contributed by atoms with Crippen LogP contribution in [-0.2, 0) is 0 Å². The first-order chi connectivity index (χ1) is 8.78. The quantitative estimate of drug-likeness (QED) is 0.693. The van der Waals surface area contributed by atoms with Gasteiger partial charge in [-0.3, -0.25) is 0 Å². The summed E-state index contributed by atoms with van der Waals surface area (Å²) in [6, 6.07) is 0. The monoisotopic (exact) mass is 250 g/mol. The molecule has 1 N–H and O–H groups in total. The highest BCUT2D eigenvalue weighted by molar-refractivity contribution is 4.99. The molecule has 4 fully saturated rings. The molecule has 0 aliphatic heterocycles. The molecule has 4 bridgehead atoms. The number of hydrogen-bond acceptors (Lipinski definition) is 1. The van der Waals surface area contributed by atoms with Gasteiger partial charge in [0.15, 0.2) is 0 Å². The average Bonchev–Trinajstić information content (AvgIpc) is 2.33. The Morgan fingerprint density at radius 3 is 2.06 bits per heavy atom. The van der Waals surface area contributed by atoms with Gasteiger partial charge in [-0.1, -0.05) is 32.6 Å². The fraction of sp³-hybridized carbons (Fsp3) is 1.00. The molecule has 1 heteroatoms. The van der Waals surface area contributed by atoms with Crippen LogP contribution >= 0.6 is 0 Å². The lowest BCUT2D eigenvalue weighted by Gasteiger charge is -2.55. The minimum Gasteiger partial charge on any atom is -0.393 e. The second kappa shape index (κ2) is 5.53. The molecule has 104 valence electrons. The summed E-state index contributed by atoms with van der Waals surface area (Å²) in [6.07, 6.45) is 13.6. The van der Waals surface area contributed by atoms with Gasteiger partial charge in [0.1, 0.15) is 0 Å². The van der Waals surface area contributed by atoms with Gasteiger partial charge in [0.05, 0.1) is 6.10 Å². The van der Waals surface area contributed by atoms with E-state index in [9.17, 15) is 5.11 Å². The summed E-state index contributed by atoms with van der Waals surface area (Å²) < 4.78 is 0. The van der Waals surface area contributed by atoms with Crippen molar-refractivity contribution in [3.05, 3.63) is 0 Å². The molecular formula is C17H30O. The summed E-state index contributed by atoms with van der Waals surface area (Å²) in [5.74, 6) is 4.54. The molecule has 4 saturated carbocycles. The van der Waals surface area contributed by atoms with Crippen molar-refractivity contribution in [3.63, 3.8) is 0 Å². The number of aliphatic hydroxyl groups is 1. The highest BCUT2D eigenvalue weighted by atomic mass is 16.3. The van der Waals surface area contributed by atoms with Crippen LogP contribution in [0, 0.1) is 29.6 Å². The van der Waals surface area contributed by atoms with E-state index < -0.39 is 0 Å². The molecule has 0 heterocycles. The Morgan fingerprint density at radius 2 is 1.50 bits per heavy atom. The molecule has 1 nitrogen and oxygen atoms in total. The number of aliphatic hydroxyl groups excluding tert-OH is 1. The average molecular weight is 250 g/mol. The minimum absolute atomic E-state index is 0.0249. The van der Waals surface area contributed by atoms with E-state index in [-0.39, 0.29) is 6.10 Å². The molecule has 0 aromatic carbocycles. The van der Waals surface area contributed by atoms with Crippen molar-refractivity contribution >= 4 is 0 Å². The third-order valence-electron chi connectivity index (χ3n) is 6.10. The zero-order valence-corrected chi connectivity index (χ0v) is 12.0. The summed E-state index contributed by atoms with van der Waals surface area (Å²) in [4.78, 5) is 0. The van der Waals surface area contributed by atoms with E-state index in [0.717, 1.165) is 30.1 Å². The summed E-state index contributed by atoms with van der Waals surface area (Å²) in [7, 11) is 0. The molecule has 1 atom stereocenters. The lowest BCUT2D eigenvalue weighted by molar-refractivity contribution is -0.0915. The molecule has 0 saturated heterocycles. The number of rotatable bonds is 6. The maximum Gasteiger partial charge on any atom is 0.0573 e. The first-order valence-electron chi connectivity index (χ1n) is 8.46. The fourth-order valence-corrected chi connectivity index (χ4v) is 5.57. The summed E-state index contributed by atoms with van der Waals surface area (Å²) >= 11 is 0. The van der Waals surface area contributed by atoms with E-state index in [1.54, 1.807) is 0 Å². The Balaban J connectivity index is 1.52. The van der Waals surface area contributed by atoms with Crippen molar-refractivity contribution < 1.29 is 5.11 Å². The van der Waals surface area contributed by atoms with Crippen molar-refractivity contribution in [2.24, 2.45) is 29.6 Å². The first-order valence-corrected chi connectivity index (χ1v) is 8.46. The van der Waals surface area contributed by atoms with E-state index in [1.807, 2.05) is 0 Å². The second-order valence-corrected chi connectivity index (χ2v) is 7.42. The van der Waals surface area contributed by atoms with Gasteiger partial charge in [-0.25, -0.2) is 0 Å². The largest absolute Gasteiger partial charge is 0.393 e. The molecule has 4 aliphatic rings. The molecule has 0 amide bonds. The Bertz CT molecular complexity index is 245. The van der Waals surface area contributed by atoms with Crippen LogP contribution in [0.5, 0.6) is 0 Å². The Hall–Kier alpha value is -0.0400. The lowest BCUT2D eigenvalue weighted by atomic mass is 9.50. The summed E-state index contributed by atoms with van der Waals surface area (Å²) in [5.41, 5.74) is 0. The van der Waals surface area contributed by atoms with E-state index in [2.05, 4.69) is 6.92 Å². The Kier molecular flexibility index (Phi) is 3.98. The zero-order chi connectivity index (χ0) is 12.5. The minimum atomic E-state index is 0.0249. The molecule has 18 heavy (non-hydrogen) atoms. The van der Waals surface area contributed by atoms with Crippen LogP contribution in [-0.4, -0.2) is 11.2 Å². The number of hydrogen-bond donors (Lipinski definition) is 1. The van der Waals surface area contributed by atoms with Crippen LogP contribution in [0.4, 0.5) is 0 Å². The van der Waals surface area contributed by atoms with Gasteiger partial charge in [0.2, 0.25) is 0 Å². The molecule has 0 radical (unpaired) electrons. The van der Waals surface area contributed by atoms with E-state index in [0.29, 0.717) is 5.92 Å². The Labute approximate surface area is 112 Å². The summed E-state index contributed by atoms with van der Waals surface area (Å²) in [5, 5.41) is 10.6. The zero-order valence-electron chi connectivity index (χ0n) is 12.0. The van der Waals surface area contributed by atoms with Gasteiger partial charge in [-0.2, -0.15) is 0 Å². The topological polar surface area (TPSA) is 20.2 Å². The van der Waals surface area contributed by atoms with Crippen LogP contribution in [0.25, 0.3) is 0 Å². The molecule has 4 rings (SSSR count). The van der Waals surface area contributed by atoms with Crippen molar-refractivity contribution in [3.8, 4) is 0 Å². The van der Waals surface area contributed by atoms with E-state index >= 15 is 0 Å².